The average Bonchev–Trinajstić information content (AvgIpc) is 1.65. The van der Waals surface area contributed by atoms with E-state index in [0.29, 0.717) is 0 Å². The lowest BCUT2D eigenvalue weighted by molar-refractivity contribution is -0.143. The van der Waals surface area contributed by atoms with Crippen molar-refractivity contribution < 1.29 is 9.53 Å². The van der Waals surface area contributed by atoms with Gasteiger partial charge in [0.2, 0.25) is 0 Å². The molecule has 1 atom stereocenters. The van der Waals surface area contributed by atoms with E-state index in [2.05, 4.69) is 11.3 Å². The molecule has 0 saturated carbocycles. The molecule has 46 valence electrons. The van der Waals surface area contributed by atoms with Gasteiger partial charge in [-0.25, -0.2) is 0 Å². The molecule has 1 unspecified atom stereocenters. The molecule has 0 aliphatic heterocycles. The fourth-order valence-corrected chi connectivity index (χ4v) is 0.310. The van der Waals surface area contributed by atoms with E-state index in [-0.39, 0.29) is 12.1 Å². The summed E-state index contributed by atoms with van der Waals surface area (Å²) in [5.41, 5.74) is 0. The number of carbonyl (C=O) groups is 1. The Morgan fingerprint density at radius 3 is 2.50 bits per heavy atom. The first-order chi connectivity index (χ1) is 3.66. The Kier molecular flexibility index (Phi) is 2.92. The number of carbonyl (C=O) groups excluding carboxylic acids is 1. The highest BCUT2D eigenvalue weighted by Gasteiger charge is 1.96. The highest BCUT2D eigenvalue weighted by Crippen LogP contribution is 1.89. The van der Waals surface area contributed by atoms with E-state index in [1.54, 1.807) is 13.0 Å². The van der Waals surface area contributed by atoms with Gasteiger partial charge in [0, 0.05) is 6.92 Å². The summed E-state index contributed by atoms with van der Waals surface area (Å²) in [6, 6.07) is 0. The van der Waals surface area contributed by atoms with Crippen LogP contribution in [0.3, 0.4) is 0 Å². The summed E-state index contributed by atoms with van der Waals surface area (Å²) in [6.07, 6.45) is 1.41. The quantitative estimate of drug-likeness (QED) is 0.397. The molecule has 0 heterocycles. The molecule has 0 aromatic heterocycles. The Bertz CT molecular complexity index is 96.7. The second kappa shape index (κ2) is 3.24. The molecular weight excluding hydrogens is 104 g/mol. The van der Waals surface area contributed by atoms with Crippen molar-refractivity contribution in [3.8, 4) is 0 Å². The molecule has 0 radical (unpaired) electrons. The molecule has 0 saturated heterocycles. The number of hydrogen-bond donors (Lipinski definition) is 0. The van der Waals surface area contributed by atoms with Crippen LogP contribution >= 0.6 is 0 Å². The van der Waals surface area contributed by atoms with E-state index in [4.69, 9.17) is 0 Å². The molecule has 2 nitrogen and oxygen atoms in total. The van der Waals surface area contributed by atoms with Crippen LogP contribution in [0.4, 0.5) is 0 Å². The summed E-state index contributed by atoms with van der Waals surface area (Å²) in [6.45, 7) is 6.57. The summed E-state index contributed by atoms with van der Waals surface area (Å²) in [5, 5.41) is 0. The van der Waals surface area contributed by atoms with Crippen molar-refractivity contribution in [3.05, 3.63) is 12.7 Å². The zero-order chi connectivity index (χ0) is 6.57. The topological polar surface area (TPSA) is 26.3 Å². The third-order valence-electron chi connectivity index (χ3n) is 0.684. The Morgan fingerprint density at radius 1 is 1.88 bits per heavy atom. The van der Waals surface area contributed by atoms with E-state index in [9.17, 15) is 4.79 Å². The fourth-order valence-electron chi connectivity index (χ4n) is 0.310. The van der Waals surface area contributed by atoms with Crippen LogP contribution in [0.1, 0.15) is 13.8 Å². The van der Waals surface area contributed by atoms with Crippen molar-refractivity contribution >= 4 is 5.97 Å². The van der Waals surface area contributed by atoms with Gasteiger partial charge in [0.15, 0.2) is 0 Å². The van der Waals surface area contributed by atoms with E-state index < -0.39 is 0 Å². The summed E-state index contributed by atoms with van der Waals surface area (Å²) in [7, 11) is 0. The first-order valence-corrected chi connectivity index (χ1v) is 2.46. The second-order valence-corrected chi connectivity index (χ2v) is 1.55. The molecule has 0 aliphatic carbocycles. The molecule has 0 aromatic rings. The molecule has 0 aromatic carbocycles. The summed E-state index contributed by atoms with van der Waals surface area (Å²) in [4.78, 5) is 10.1. The maximum Gasteiger partial charge on any atom is 0.303 e. The van der Waals surface area contributed by atoms with Crippen LogP contribution < -0.4 is 0 Å². The van der Waals surface area contributed by atoms with Gasteiger partial charge in [0.25, 0.3) is 0 Å². The van der Waals surface area contributed by atoms with Crippen LogP contribution in [0, 0.1) is 0 Å². The van der Waals surface area contributed by atoms with Gasteiger partial charge < -0.3 is 4.74 Å². The number of ether oxygens (including phenoxy) is 1. The van der Waals surface area contributed by atoms with E-state index in [0.717, 1.165) is 0 Å². The first-order valence-electron chi connectivity index (χ1n) is 2.46. The van der Waals surface area contributed by atoms with Gasteiger partial charge in [-0.1, -0.05) is 12.7 Å². The van der Waals surface area contributed by atoms with Gasteiger partial charge in [0.05, 0.1) is 0 Å². The second-order valence-electron chi connectivity index (χ2n) is 1.55. The third kappa shape index (κ3) is 3.40. The zero-order valence-corrected chi connectivity index (χ0v) is 5.18. The van der Waals surface area contributed by atoms with E-state index in [1.165, 1.54) is 6.92 Å². The normalized spacial score (nSPS) is 12.2. The molecule has 0 spiro atoms. The monoisotopic (exact) mass is 114 g/mol. The van der Waals surface area contributed by atoms with Crippen molar-refractivity contribution in [1.29, 1.82) is 0 Å². The highest BCUT2D eigenvalue weighted by atomic mass is 16.5. The van der Waals surface area contributed by atoms with Gasteiger partial charge in [-0.15, -0.1) is 0 Å². The molecular formula is C6H10O2. The fraction of sp³-hybridized carbons (Fsp3) is 0.500. The zero-order valence-electron chi connectivity index (χ0n) is 5.18. The molecule has 0 amide bonds. The molecule has 8 heavy (non-hydrogen) atoms. The Balaban J connectivity index is 3.38. The van der Waals surface area contributed by atoms with Gasteiger partial charge in [-0.2, -0.15) is 0 Å². The molecule has 0 aliphatic rings. The van der Waals surface area contributed by atoms with Gasteiger partial charge in [0.1, 0.15) is 6.10 Å². The predicted molar refractivity (Wildman–Crippen MR) is 31.4 cm³/mol. The van der Waals surface area contributed by atoms with Crippen molar-refractivity contribution in [1.82, 2.24) is 0 Å². The van der Waals surface area contributed by atoms with Crippen molar-refractivity contribution in [2.24, 2.45) is 0 Å². The first kappa shape index (κ1) is 7.21. The molecule has 0 rings (SSSR count). The van der Waals surface area contributed by atoms with Crippen LogP contribution in [-0.4, -0.2) is 12.1 Å². The maximum atomic E-state index is 10.1. The minimum atomic E-state index is -0.266. The van der Waals surface area contributed by atoms with Crippen molar-refractivity contribution in [3.63, 3.8) is 0 Å². The summed E-state index contributed by atoms with van der Waals surface area (Å²) < 4.78 is 4.64. The smallest absolute Gasteiger partial charge is 0.303 e. The van der Waals surface area contributed by atoms with E-state index in [1.807, 2.05) is 0 Å². The Labute approximate surface area is 49.1 Å². The molecule has 0 bridgehead atoms. The van der Waals surface area contributed by atoms with Crippen LogP contribution in [0.5, 0.6) is 0 Å². The van der Waals surface area contributed by atoms with Crippen LogP contribution in [-0.2, 0) is 9.53 Å². The SMILES string of the molecule is C=CC(C)OC(C)=O. The van der Waals surface area contributed by atoms with Gasteiger partial charge >= 0.3 is 5.97 Å². The third-order valence-corrected chi connectivity index (χ3v) is 0.684. The van der Waals surface area contributed by atoms with Gasteiger partial charge in [-0.05, 0) is 6.92 Å². The summed E-state index contributed by atoms with van der Waals surface area (Å²) in [5.74, 6) is -0.266. The minimum Gasteiger partial charge on any atom is -0.459 e. The van der Waals surface area contributed by atoms with Crippen LogP contribution in [0.15, 0.2) is 12.7 Å². The lowest BCUT2D eigenvalue weighted by Crippen LogP contribution is -2.07. The standard InChI is InChI=1S/C6H10O2/c1-4-5(2)8-6(3)7/h4-5H,1H2,2-3H3. The number of rotatable bonds is 2. The molecule has 0 N–H and O–H groups in total. The minimum absolute atomic E-state index is 0.160. The summed E-state index contributed by atoms with van der Waals surface area (Å²) >= 11 is 0. The van der Waals surface area contributed by atoms with Crippen molar-refractivity contribution in [2.45, 2.75) is 20.0 Å². The Morgan fingerprint density at radius 2 is 2.38 bits per heavy atom. The van der Waals surface area contributed by atoms with Gasteiger partial charge in [-0.3, -0.25) is 4.79 Å². The van der Waals surface area contributed by atoms with Crippen LogP contribution in [0.25, 0.3) is 0 Å². The largest absolute Gasteiger partial charge is 0.459 e. The lowest BCUT2D eigenvalue weighted by Gasteiger charge is -2.03. The van der Waals surface area contributed by atoms with Crippen molar-refractivity contribution in [2.75, 3.05) is 0 Å². The number of esters is 1. The number of hydrogen-bond acceptors (Lipinski definition) is 2. The predicted octanol–water partition coefficient (Wildman–Crippen LogP) is 1.12. The lowest BCUT2D eigenvalue weighted by atomic mass is 10.4. The molecule has 2 heteroatoms. The Hall–Kier alpha value is -0.790. The van der Waals surface area contributed by atoms with E-state index >= 15 is 0 Å². The maximum absolute atomic E-state index is 10.1. The highest BCUT2D eigenvalue weighted by molar-refractivity contribution is 5.66. The van der Waals surface area contributed by atoms with Crippen LogP contribution in [0.2, 0.25) is 0 Å². The molecule has 0 fully saturated rings. The average molecular weight is 114 g/mol.